The number of fused-ring (bicyclic) bond motifs is 5. The van der Waals surface area contributed by atoms with Crippen molar-refractivity contribution < 1.29 is 24.1 Å². The van der Waals surface area contributed by atoms with Crippen molar-refractivity contribution in [3.05, 3.63) is 29.3 Å². The Morgan fingerprint density at radius 1 is 1.26 bits per heavy atom. The third kappa shape index (κ3) is 2.95. The number of carbonyl (C=O) groups is 1. The molecule has 0 bridgehead atoms. The molecule has 148 valence electrons. The minimum Gasteiger partial charge on any atom is -0.497 e. The summed E-state index contributed by atoms with van der Waals surface area (Å²) in [6.45, 7) is 2.53. The van der Waals surface area contributed by atoms with E-state index in [1.54, 1.807) is 14.2 Å². The Bertz CT molecular complexity index is 717. The van der Waals surface area contributed by atoms with Crippen molar-refractivity contribution in [3.63, 3.8) is 0 Å². The zero-order chi connectivity index (χ0) is 19.2. The van der Waals surface area contributed by atoms with Gasteiger partial charge in [-0.15, -0.1) is 0 Å². The maximum absolute atomic E-state index is 12.3. The molecule has 1 aromatic carbocycles. The molecule has 0 spiro atoms. The molecule has 27 heavy (non-hydrogen) atoms. The maximum atomic E-state index is 12.3. The molecule has 1 aromatic rings. The van der Waals surface area contributed by atoms with Gasteiger partial charge in [-0.1, -0.05) is 13.0 Å². The molecule has 0 amide bonds. The van der Waals surface area contributed by atoms with Crippen LogP contribution in [0.4, 0.5) is 0 Å². The average Bonchev–Trinajstić information content (AvgIpc) is 3.00. The van der Waals surface area contributed by atoms with Crippen LogP contribution in [0.3, 0.4) is 0 Å². The fraction of sp³-hybridized carbons (Fsp3) is 0.682. The molecule has 3 aliphatic rings. The lowest BCUT2D eigenvalue weighted by Crippen LogP contribution is -2.50. The zero-order valence-electron chi connectivity index (χ0n) is 16.4. The van der Waals surface area contributed by atoms with Crippen molar-refractivity contribution in [1.82, 2.24) is 0 Å². The van der Waals surface area contributed by atoms with Crippen LogP contribution < -0.4 is 4.74 Å². The first-order valence-electron chi connectivity index (χ1n) is 9.99. The van der Waals surface area contributed by atoms with E-state index < -0.39 is 5.97 Å². The molecule has 6 unspecified atom stereocenters. The molecule has 3 aliphatic carbocycles. The number of aliphatic carboxylic acids is 1. The van der Waals surface area contributed by atoms with Crippen LogP contribution in [0.15, 0.2) is 18.2 Å². The smallest absolute Gasteiger partial charge is 0.307 e. The van der Waals surface area contributed by atoms with Crippen molar-refractivity contribution in [2.75, 3.05) is 21.0 Å². The van der Waals surface area contributed by atoms with Crippen LogP contribution in [0.5, 0.6) is 5.75 Å². The van der Waals surface area contributed by atoms with Crippen molar-refractivity contribution in [1.29, 1.82) is 0 Å². The van der Waals surface area contributed by atoms with Crippen LogP contribution in [0.25, 0.3) is 0 Å². The summed E-state index contributed by atoms with van der Waals surface area (Å²) in [7, 11) is 3.32. The van der Waals surface area contributed by atoms with Gasteiger partial charge in [0, 0.05) is 13.0 Å². The Morgan fingerprint density at radius 3 is 2.78 bits per heavy atom. The summed E-state index contributed by atoms with van der Waals surface area (Å²) in [5.74, 6) is 0.822. The predicted octanol–water partition coefficient (Wildman–Crippen LogP) is 3.85. The van der Waals surface area contributed by atoms with Gasteiger partial charge in [0.1, 0.15) is 12.5 Å². The number of rotatable bonds is 5. The normalized spacial score (nSPS) is 37.2. The molecule has 0 aromatic heterocycles. The zero-order valence-corrected chi connectivity index (χ0v) is 16.4. The van der Waals surface area contributed by atoms with E-state index in [4.69, 9.17) is 14.2 Å². The molecule has 5 nitrogen and oxygen atoms in total. The Labute approximate surface area is 161 Å². The van der Waals surface area contributed by atoms with Crippen molar-refractivity contribution >= 4 is 5.97 Å². The van der Waals surface area contributed by atoms with Gasteiger partial charge in [-0.05, 0) is 72.6 Å². The topological polar surface area (TPSA) is 65.0 Å². The van der Waals surface area contributed by atoms with Crippen LogP contribution in [-0.2, 0) is 20.7 Å². The maximum Gasteiger partial charge on any atom is 0.307 e. The van der Waals surface area contributed by atoms with Gasteiger partial charge >= 0.3 is 5.97 Å². The molecule has 2 saturated carbocycles. The quantitative estimate of drug-likeness (QED) is 0.793. The molecule has 5 heteroatoms. The molecule has 6 atom stereocenters. The van der Waals surface area contributed by atoms with Gasteiger partial charge in [0.05, 0.1) is 19.1 Å². The molecule has 1 N–H and O–H groups in total. The highest BCUT2D eigenvalue weighted by Crippen LogP contribution is 2.63. The lowest BCUT2D eigenvalue weighted by molar-refractivity contribution is -0.158. The van der Waals surface area contributed by atoms with Crippen LogP contribution in [-0.4, -0.2) is 38.2 Å². The first kappa shape index (κ1) is 18.8. The second-order valence-corrected chi connectivity index (χ2v) is 8.69. The summed E-state index contributed by atoms with van der Waals surface area (Å²) in [6.07, 6.45) is 4.91. The van der Waals surface area contributed by atoms with Gasteiger partial charge < -0.3 is 19.3 Å². The standard InChI is InChI=1S/C22H30O5/c1-22-11-17(21(23)24)20-15-7-5-14(26-3)10-13(15)4-6-16(20)18(22)8-9-19(22)27-12-25-2/h5,7,10,16-20H,4,6,8-9,11-12H2,1-3H3,(H,23,24). The van der Waals surface area contributed by atoms with Gasteiger partial charge in [-0.2, -0.15) is 0 Å². The molecule has 0 heterocycles. The van der Waals surface area contributed by atoms with Crippen molar-refractivity contribution in [2.24, 2.45) is 23.2 Å². The first-order chi connectivity index (χ1) is 13.0. The number of hydrogen-bond acceptors (Lipinski definition) is 4. The minimum atomic E-state index is -0.675. The lowest BCUT2D eigenvalue weighted by Gasteiger charge is -2.53. The Balaban J connectivity index is 1.71. The van der Waals surface area contributed by atoms with Gasteiger partial charge in [0.25, 0.3) is 0 Å². The Morgan fingerprint density at radius 2 is 2.07 bits per heavy atom. The van der Waals surface area contributed by atoms with Crippen LogP contribution in [0.2, 0.25) is 0 Å². The summed E-state index contributed by atoms with van der Waals surface area (Å²) in [4.78, 5) is 12.3. The summed E-state index contributed by atoms with van der Waals surface area (Å²) in [6, 6.07) is 6.18. The Hall–Kier alpha value is -1.59. The predicted molar refractivity (Wildman–Crippen MR) is 101 cm³/mol. The molecule has 4 rings (SSSR count). The van der Waals surface area contributed by atoms with E-state index in [9.17, 15) is 9.90 Å². The molecular weight excluding hydrogens is 344 g/mol. The molecule has 2 fully saturated rings. The van der Waals surface area contributed by atoms with E-state index in [0.29, 0.717) is 18.3 Å². The number of carboxylic acids is 1. The number of methoxy groups -OCH3 is 2. The monoisotopic (exact) mass is 374 g/mol. The van der Waals surface area contributed by atoms with E-state index in [1.807, 2.05) is 6.07 Å². The Kier molecular flexibility index (Phi) is 4.93. The second-order valence-electron chi connectivity index (χ2n) is 8.69. The van der Waals surface area contributed by atoms with E-state index >= 15 is 0 Å². The number of ether oxygens (including phenoxy) is 3. The van der Waals surface area contributed by atoms with Gasteiger partial charge in [0.2, 0.25) is 0 Å². The van der Waals surface area contributed by atoms with Gasteiger partial charge in [-0.3, -0.25) is 4.79 Å². The van der Waals surface area contributed by atoms with Gasteiger partial charge in [0.15, 0.2) is 0 Å². The van der Waals surface area contributed by atoms with E-state index in [1.165, 1.54) is 11.1 Å². The average molecular weight is 374 g/mol. The van der Waals surface area contributed by atoms with Crippen LogP contribution in [0, 0.1) is 23.2 Å². The number of hydrogen-bond donors (Lipinski definition) is 1. The molecule has 0 aliphatic heterocycles. The highest BCUT2D eigenvalue weighted by molar-refractivity contribution is 5.72. The summed E-state index contributed by atoms with van der Waals surface area (Å²) < 4.78 is 16.5. The molecular formula is C22H30O5. The van der Waals surface area contributed by atoms with Crippen LogP contribution in [0.1, 0.15) is 49.7 Å². The molecule has 0 radical (unpaired) electrons. The first-order valence-corrected chi connectivity index (χ1v) is 9.99. The fourth-order valence-electron chi connectivity index (χ4n) is 6.43. The van der Waals surface area contributed by atoms with Crippen molar-refractivity contribution in [2.45, 2.75) is 51.0 Å². The number of carboxylic acid groups (broad SMARTS) is 1. The van der Waals surface area contributed by atoms with E-state index in [-0.39, 0.29) is 30.1 Å². The van der Waals surface area contributed by atoms with Crippen molar-refractivity contribution in [3.8, 4) is 5.75 Å². The van der Waals surface area contributed by atoms with Gasteiger partial charge in [-0.25, -0.2) is 0 Å². The molecule has 0 saturated heterocycles. The third-order valence-corrected chi connectivity index (χ3v) is 7.55. The summed E-state index contributed by atoms with van der Waals surface area (Å²) in [5.41, 5.74) is 2.39. The number of aryl methyl sites for hydroxylation is 1. The summed E-state index contributed by atoms with van der Waals surface area (Å²) in [5, 5.41) is 10.1. The largest absolute Gasteiger partial charge is 0.497 e. The van der Waals surface area contributed by atoms with E-state index in [0.717, 1.165) is 31.4 Å². The second kappa shape index (κ2) is 7.10. The lowest BCUT2D eigenvalue weighted by atomic mass is 9.52. The highest BCUT2D eigenvalue weighted by atomic mass is 16.7. The van der Waals surface area contributed by atoms with E-state index in [2.05, 4.69) is 19.1 Å². The highest BCUT2D eigenvalue weighted by Gasteiger charge is 2.59. The minimum absolute atomic E-state index is 0.0857. The summed E-state index contributed by atoms with van der Waals surface area (Å²) >= 11 is 0. The fourth-order valence-corrected chi connectivity index (χ4v) is 6.43. The third-order valence-electron chi connectivity index (χ3n) is 7.55. The van der Waals surface area contributed by atoms with Crippen LogP contribution >= 0.6 is 0 Å². The SMILES string of the molecule is COCOC1CCC2C3CCc4cc(OC)ccc4C3C(C(=O)O)CC12C. The number of benzene rings is 1.